The van der Waals surface area contributed by atoms with Gasteiger partial charge in [-0.3, -0.25) is 4.98 Å². The van der Waals surface area contributed by atoms with Crippen molar-refractivity contribution in [2.24, 2.45) is 5.73 Å². The van der Waals surface area contributed by atoms with Gasteiger partial charge in [0.1, 0.15) is 0 Å². The molecule has 0 radical (unpaired) electrons. The summed E-state index contributed by atoms with van der Waals surface area (Å²) < 4.78 is 5.25. The highest BCUT2D eigenvalue weighted by molar-refractivity contribution is 5.85. The molecule has 0 saturated carbocycles. The minimum absolute atomic E-state index is 0.0384. The molecule has 0 amide bonds. The van der Waals surface area contributed by atoms with Crippen LogP contribution in [0.1, 0.15) is 24.9 Å². The highest BCUT2D eigenvalue weighted by Gasteiger charge is 2.13. The number of pyridine rings is 1. The van der Waals surface area contributed by atoms with E-state index >= 15 is 0 Å². The number of methoxy groups -OCH3 is 1. The highest BCUT2D eigenvalue weighted by atomic mass is 16.5. The Morgan fingerprint density at radius 3 is 2.82 bits per heavy atom. The van der Waals surface area contributed by atoms with Crippen LogP contribution in [0.2, 0.25) is 0 Å². The molecule has 2 atom stereocenters. The van der Waals surface area contributed by atoms with Crippen LogP contribution in [0.3, 0.4) is 0 Å². The molecule has 0 fully saturated rings. The monoisotopic (exact) mass is 230 g/mol. The van der Waals surface area contributed by atoms with Crippen molar-refractivity contribution < 1.29 is 4.74 Å². The fourth-order valence-electron chi connectivity index (χ4n) is 2.02. The fraction of sp³-hybridized carbons (Fsp3) is 0.357. The minimum atomic E-state index is -0.0384. The molecule has 0 aliphatic heterocycles. The third-order valence-corrected chi connectivity index (χ3v) is 3.09. The van der Waals surface area contributed by atoms with Crippen molar-refractivity contribution in [3.63, 3.8) is 0 Å². The maximum Gasteiger partial charge on any atom is 0.0561 e. The Morgan fingerprint density at radius 1 is 1.29 bits per heavy atom. The molecule has 17 heavy (non-hydrogen) atoms. The number of ether oxygens (including phenoxy) is 1. The molecule has 1 aromatic heterocycles. The van der Waals surface area contributed by atoms with E-state index in [4.69, 9.17) is 10.5 Å². The van der Waals surface area contributed by atoms with E-state index in [1.807, 2.05) is 31.5 Å². The van der Waals surface area contributed by atoms with Crippen molar-refractivity contribution in [1.82, 2.24) is 4.98 Å². The van der Waals surface area contributed by atoms with Gasteiger partial charge in [0.05, 0.1) is 6.10 Å². The van der Waals surface area contributed by atoms with Crippen LogP contribution in [0, 0.1) is 0 Å². The molecule has 2 N–H and O–H groups in total. The average molecular weight is 230 g/mol. The van der Waals surface area contributed by atoms with Crippen LogP contribution in [0.15, 0.2) is 36.7 Å². The number of hydrogen-bond donors (Lipinski definition) is 1. The topological polar surface area (TPSA) is 48.1 Å². The Hall–Kier alpha value is -1.45. The molecule has 0 aliphatic carbocycles. The van der Waals surface area contributed by atoms with Gasteiger partial charge in [0.2, 0.25) is 0 Å². The molecule has 0 aliphatic rings. The van der Waals surface area contributed by atoms with Gasteiger partial charge in [0.25, 0.3) is 0 Å². The summed E-state index contributed by atoms with van der Waals surface area (Å²) in [6, 6.07) is 8.14. The predicted molar refractivity (Wildman–Crippen MR) is 69.8 cm³/mol. The summed E-state index contributed by atoms with van der Waals surface area (Å²) in [5.74, 6) is 0. The van der Waals surface area contributed by atoms with Crippen molar-refractivity contribution in [3.8, 4) is 0 Å². The standard InChI is InChI=1S/C14H18N2O/c1-10(17-2)7-14(15)13-9-16-8-11-5-3-4-6-12(11)13/h3-6,8-10,14H,7,15H2,1-2H3. The van der Waals surface area contributed by atoms with Crippen molar-refractivity contribution >= 4 is 10.8 Å². The molecule has 2 aromatic rings. The maximum absolute atomic E-state index is 6.22. The number of rotatable bonds is 4. The Morgan fingerprint density at radius 2 is 2.06 bits per heavy atom. The number of nitrogens with zero attached hydrogens (tertiary/aromatic N) is 1. The summed E-state index contributed by atoms with van der Waals surface area (Å²) in [5, 5.41) is 2.31. The zero-order valence-corrected chi connectivity index (χ0v) is 10.3. The zero-order valence-electron chi connectivity index (χ0n) is 10.3. The van der Waals surface area contributed by atoms with Crippen molar-refractivity contribution in [3.05, 3.63) is 42.2 Å². The van der Waals surface area contributed by atoms with E-state index in [0.717, 1.165) is 17.4 Å². The molecule has 0 bridgehead atoms. The van der Waals surface area contributed by atoms with Gasteiger partial charge in [-0.2, -0.15) is 0 Å². The van der Waals surface area contributed by atoms with E-state index in [0.29, 0.717) is 0 Å². The van der Waals surface area contributed by atoms with Crippen molar-refractivity contribution in [1.29, 1.82) is 0 Å². The summed E-state index contributed by atoms with van der Waals surface area (Å²) in [4.78, 5) is 4.25. The first-order valence-electron chi connectivity index (χ1n) is 5.83. The second kappa shape index (κ2) is 5.25. The van der Waals surface area contributed by atoms with Gasteiger partial charge in [0, 0.05) is 30.9 Å². The Bertz CT molecular complexity index is 493. The van der Waals surface area contributed by atoms with Crippen LogP contribution in [-0.4, -0.2) is 18.2 Å². The fourth-order valence-corrected chi connectivity index (χ4v) is 2.02. The van der Waals surface area contributed by atoms with Gasteiger partial charge >= 0.3 is 0 Å². The van der Waals surface area contributed by atoms with E-state index < -0.39 is 0 Å². The van der Waals surface area contributed by atoms with E-state index in [1.165, 1.54) is 5.39 Å². The highest BCUT2D eigenvalue weighted by Crippen LogP contribution is 2.24. The maximum atomic E-state index is 6.22. The van der Waals surface area contributed by atoms with Gasteiger partial charge in [-0.15, -0.1) is 0 Å². The molecular weight excluding hydrogens is 212 g/mol. The van der Waals surface area contributed by atoms with E-state index in [9.17, 15) is 0 Å². The van der Waals surface area contributed by atoms with Crippen LogP contribution in [0.25, 0.3) is 10.8 Å². The second-order valence-electron chi connectivity index (χ2n) is 4.34. The lowest BCUT2D eigenvalue weighted by Gasteiger charge is -2.17. The molecule has 3 heteroatoms. The van der Waals surface area contributed by atoms with Crippen LogP contribution < -0.4 is 5.73 Å². The summed E-state index contributed by atoms with van der Waals surface area (Å²) >= 11 is 0. The Balaban J connectivity index is 2.34. The Labute approximate surface area is 102 Å². The predicted octanol–water partition coefficient (Wildman–Crippen LogP) is 2.66. The second-order valence-corrected chi connectivity index (χ2v) is 4.34. The number of aromatic nitrogens is 1. The normalized spacial score (nSPS) is 14.8. The lowest BCUT2D eigenvalue weighted by Crippen LogP contribution is -2.18. The van der Waals surface area contributed by atoms with Crippen LogP contribution >= 0.6 is 0 Å². The minimum Gasteiger partial charge on any atom is -0.382 e. The van der Waals surface area contributed by atoms with Crippen LogP contribution in [0.5, 0.6) is 0 Å². The number of fused-ring (bicyclic) bond motifs is 1. The molecule has 2 rings (SSSR count). The summed E-state index contributed by atoms with van der Waals surface area (Å²) in [5.41, 5.74) is 7.31. The third-order valence-electron chi connectivity index (χ3n) is 3.09. The van der Waals surface area contributed by atoms with Gasteiger partial charge in [-0.25, -0.2) is 0 Å². The Kier molecular flexibility index (Phi) is 3.71. The van der Waals surface area contributed by atoms with Crippen molar-refractivity contribution in [2.45, 2.75) is 25.5 Å². The van der Waals surface area contributed by atoms with Gasteiger partial charge in [-0.05, 0) is 24.3 Å². The summed E-state index contributed by atoms with van der Waals surface area (Å²) in [6.45, 7) is 2.03. The first-order valence-corrected chi connectivity index (χ1v) is 5.83. The molecule has 3 nitrogen and oxygen atoms in total. The molecule has 0 saturated heterocycles. The molecule has 90 valence electrons. The van der Waals surface area contributed by atoms with E-state index in [1.54, 1.807) is 7.11 Å². The number of hydrogen-bond acceptors (Lipinski definition) is 3. The molecule has 1 aromatic carbocycles. The zero-order chi connectivity index (χ0) is 12.3. The van der Waals surface area contributed by atoms with Crippen molar-refractivity contribution in [2.75, 3.05) is 7.11 Å². The van der Waals surface area contributed by atoms with Crippen LogP contribution in [0.4, 0.5) is 0 Å². The number of benzene rings is 1. The lowest BCUT2D eigenvalue weighted by molar-refractivity contribution is 0.105. The van der Waals surface area contributed by atoms with Gasteiger partial charge in [-0.1, -0.05) is 24.3 Å². The summed E-state index contributed by atoms with van der Waals surface area (Å²) in [6.07, 6.45) is 4.68. The van der Waals surface area contributed by atoms with Gasteiger partial charge in [0.15, 0.2) is 0 Å². The van der Waals surface area contributed by atoms with E-state index in [-0.39, 0.29) is 12.1 Å². The number of nitrogens with two attached hydrogens (primary N) is 1. The molecule has 1 heterocycles. The average Bonchev–Trinajstić information content (AvgIpc) is 2.37. The summed E-state index contributed by atoms with van der Waals surface area (Å²) in [7, 11) is 1.71. The molecular formula is C14H18N2O. The third kappa shape index (κ3) is 2.62. The lowest BCUT2D eigenvalue weighted by atomic mass is 9.98. The van der Waals surface area contributed by atoms with Gasteiger partial charge < -0.3 is 10.5 Å². The molecule has 2 unspecified atom stereocenters. The SMILES string of the molecule is COC(C)CC(N)c1cncc2ccccc12. The van der Waals surface area contributed by atoms with Crippen LogP contribution in [-0.2, 0) is 4.74 Å². The largest absolute Gasteiger partial charge is 0.382 e. The molecule has 0 spiro atoms. The first-order chi connectivity index (χ1) is 8.22. The quantitative estimate of drug-likeness (QED) is 0.878. The van der Waals surface area contributed by atoms with E-state index in [2.05, 4.69) is 17.1 Å². The smallest absolute Gasteiger partial charge is 0.0561 e. The first kappa shape index (κ1) is 12.0.